The minimum atomic E-state index is -0.765. The molecule has 1 fully saturated rings. The molecule has 1 N–H and O–H groups in total. The molecular weight excluding hydrogens is 489 g/mol. The maximum absolute atomic E-state index is 10.6. The van der Waals surface area contributed by atoms with Gasteiger partial charge >= 0.3 is 15.9 Å². The fourth-order valence-corrected chi connectivity index (χ4v) is 6.16. The van der Waals surface area contributed by atoms with Gasteiger partial charge in [0.2, 0.25) is 0 Å². The molecule has 6 nitrogen and oxygen atoms in total. The zero-order chi connectivity index (χ0) is 25.4. The molecule has 3 atom stereocenters. The number of rotatable bonds is 8. The third kappa shape index (κ3) is 4.71. The second-order valence-electron chi connectivity index (χ2n) is 10.1. The van der Waals surface area contributed by atoms with E-state index in [0.29, 0.717) is 12.3 Å². The molecule has 0 amide bonds. The Kier molecular flexibility index (Phi) is 7.22. The summed E-state index contributed by atoms with van der Waals surface area (Å²) in [6.07, 6.45) is 4.19. The molecule has 2 aliphatic rings. The molecule has 3 unspecified atom stereocenters. The molecule has 3 aromatic rings. The van der Waals surface area contributed by atoms with E-state index in [2.05, 4.69) is 44.9 Å². The smallest absolute Gasteiger partial charge is 0.612 e. The van der Waals surface area contributed by atoms with Crippen LogP contribution < -0.4 is 8.69 Å². The number of anilines is 1. The molecular formula is C28H32AlClN3O3. The topological polar surface area (TPSA) is 59.8 Å². The Balaban J connectivity index is 1.29. The molecule has 36 heavy (non-hydrogen) atoms. The number of hydrogen-bond donors (Lipinski definition) is 1. The normalized spacial score (nSPS) is 23.4. The first-order chi connectivity index (χ1) is 17.3. The lowest BCUT2D eigenvalue weighted by molar-refractivity contribution is -0.0589. The number of aliphatic hydroxyl groups is 1. The summed E-state index contributed by atoms with van der Waals surface area (Å²) in [5.41, 5.74) is 5.25. The number of fused-ring (bicyclic) bond motifs is 1. The first-order valence-electron chi connectivity index (χ1n) is 12.5. The van der Waals surface area contributed by atoms with Crippen molar-refractivity contribution in [3.05, 3.63) is 82.7 Å². The first kappa shape index (κ1) is 25.4. The molecule has 8 heteroatoms. The quantitative estimate of drug-likeness (QED) is 0.399. The molecule has 5 rings (SSSR count). The molecule has 1 saturated carbocycles. The lowest BCUT2D eigenvalue weighted by Gasteiger charge is -2.41. The number of halogens is 1. The second kappa shape index (κ2) is 10.2. The van der Waals surface area contributed by atoms with E-state index >= 15 is 0 Å². The highest BCUT2D eigenvalue weighted by molar-refractivity contribution is 6.30. The van der Waals surface area contributed by atoms with Crippen molar-refractivity contribution >= 4 is 33.2 Å². The average molecular weight is 521 g/mol. The molecule has 1 radical (unpaired) electrons. The van der Waals surface area contributed by atoms with Crippen LogP contribution in [0.5, 0.6) is 5.88 Å². The molecule has 1 aliphatic carbocycles. The van der Waals surface area contributed by atoms with Gasteiger partial charge in [0.15, 0.2) is 5.88 Å². The van der Waals surface area contributed by atoms with Gasteiger partial charge in [-0.1, -0.05) is 63.1 Å². The van der Waals surface area contributed by atoms with Crippen LogP contribution in [0.25, 0.3) is 5.69 Å². The van der Waals surface area contributed by atoms with E-state index in [0.717, 1.165) is 40.6 Å². The van der Waals surface area contributed by atoms with Crippen LogP contribution >= 0.6 is 11.6 Å². The lowest BCUT2D eigenvalue weighted by atomic mass is 9.75. The van der Waals surface area contributed by atoms with Gasteiger partial charge in [0.1, 0.15) is 0 Å². The van der Waals surface area contributed by atoms with Crippen molar-refractivity contribution in [3.8, 4) is 11.6 Å². The van der Waals surface area contributed by atoms with Crippen molar-refractivity contribution in [2.24, 2.45) is 5.92 Å². The summed E-state index contributed by atoms with van der Waals surface area (Å²) >= 11 is 5.53. The number of benzene rings is 2. The van der Waals surface area contributed by atoms with Crippen LogP contribution in [-0.4, -0.2) is 50.0 Å². The van der Waals surface area contributed by atoms with Gasteiger partial charge in [-0.3, -0.25) is 0 Å². The van der Waals surface area contributed by atoms with E-state index < -0.39 is 22.0 Å². The summed E-state index contributed by atoms with van der Waals surface area (Å²) in [4.78, 5) is 2.20. The van der Waals surface area contributed by atoms with Crippen LogP contribution in [0, 0.1) is 5.92 Å². The molecule has 0 saturated heterocycles. The summed E-state index contributed by atoms with van der Waals surface area (Å²) in [7, 11) is 2.07. The molecule has 1 aliphatic heterocycles. The summed E-state index contributed by atoms with van der Waals surface area (Å²) < 4.78 is 14.2. The Morgan fingerprint density at radius 1 is 1.19 bits per heavy atom. The maximum Gasteiger partial charge on any atom is 0.775 e. The van der Waals surface area contributed by atoms with Crippen LogP contribution in [-0.2, 0) is 15.6 Å². The van der Waals surface area contributed by atoms with Crippen molar-refractivity contribution < 1.29 is 12.7 Å². The van der Waals surface area contributed by atoms with Gasteiger partial charge in [-0.15, -0.1) is 0 Å². The van der Waals surface area contributed by atoms with E-state index in [1.54, 1.807) is 0 Å². The molecule has 1 aromatic heterocycles. The minimum Gasteiger partial charge on any atom is -0.612 e. The number of aryl methyl sites for hydroxylation is 1. The van der Waals surface area contributed by atoms with Crippen molar-refractivity contribution in [2.45, 2.75) is 57.7 Å². The third-order valence-corrected chi connectivity index (χ3v) is 8.36. The largest absolute Gasteiger partial charge is 0.775 e. The molecule has 187 valence electrons. The number of likely N-dealkylation sites (N-methyl/N-ethyl adjacent to an activating group) is 1. The average Bonchev–Trinajstić information content (AvgIpc) is 3.34. The van der Waals surface area contributed by atoms with Crippen molar-refractivity contribution in [3.63, 3.8) is 0 Å². The van der Waals surface area contributed by atoms with Crippen LogP contribution in [0.4, 0.5) is 5.69 Å². The third-order valence-electron chi connectivity index (χ3n) is 7.33. The highest BCUT2D eigenvalue weighted by Crippen LogP contribution is 2.49. The van der Waals surface area contributed by atoms with Gasteiger partial charge in [0, 0.05) is 47.0 Å². The molecule has 2 aromatic carbocycles. The fourth-order valence-electron chi connectivity index (χ4n) is 5.23. The number of para-hydroxylation sites is 1. The highest BCUT2D eigenvalue weighted by atomic mass is 35.5. The first-order valence-corrected chi connectivity index (χ1v) is 13.8. The van der Waals surface area contributed by atoms with Crippen LogP contribution in [0.3, 0.4) is 0 Å². The van der Waals surface area contributed by atoms with Gasteiger partial charge in [-0.25, -0.2) is 4.68 Å². The predicted molar refractivity (Wildman–Crippen MR) is 144 cm³/mol. The molecule has 0 spiro atoms. The van der Waals surface area contributed by atoms with Crippen LogP contribution in [0.1, 0.15) is 44.9 Å². The standard InChI is InChI=1S/C16H19ClNO2.C12H14N2O.Al/c1-16(2)11-6-9(17)4-5-12(11)18(3)15(16)7-10-13(19)8-14(10)20;1-2-6-10-9-12(15)14(13-10)11-7-4-3-5-8-11;/h4-7,10,13-14,19H,8H2,1-3H3;3-5,7-9,15H,2,6H2,1H3;/q-1;;+2/p-1. The van der Waals surface area contributed by atoms with E-state index in [1.165, 1.54) is 5.56 Å². The SMILES string of the molecule is CCCc1cc([O][Al][O]C2CC(O)C2C=C2N(C)c3ccc(Cl)cc3C2(C)C)n(-c2ccccc2)n1. The number of nitrogens with zero attached hydrogens (tertiary/aromatic N) is 3. The van der Waals surface area contributed by atoms with Crippen molar-refractivity contribution in [1.29, 1.82) is 0 Å². The number of hydrogen-bond acceptors (Lipinski definition) is 5. The number of allylic oxidation sites excluding steroid dienone is 1. The van der Waals surface area contributed by atoms with Gasteiger partial charge < -0.3 is 17.6 Å². The van der Waals surface area contributed by atoms with Gasteiger partial charge in [-0.2, -0.15) is 5.10 Å². The Morgan fingerprint density at radius 3 is 2.69 bits per heavy atom. The maximum atomic E-state index is 10.6. The van der Waals surface area contributed by atoms with Crippen molar-refractivity contribution in [1.82, 2.24) is 9.78 Å². The minimum absolute atomic E-state index is 0.0813. The Labute approximate surface area is 224 Å². The summed E-state index contributed by atoms with van der Waals surface area (Å²) in [5, 5.41) is 16.1. The van der Waals surface area contributed by atoms with Gasteiger partial charge in [0.05, 0.1) is 17.5 Å². The molecule has 0 bridgehead atoms. The van der Waals surface area contributed by atoms with Gasteiger partial charge in [0.25, 0.3) is 0 Å². The van der Waals surface area contributed by atoms with Gasteiger partial charge in [-0.05, 0) is 48.7 Å². The lowest BCUT2D eigenvalue weighted by Crippen LogP contribution is -2.48. The predicted octanol–water partition coefficient (Wildman–Crippen LogP) is 5.47. The highest BCUT2D eigenvalue weighted by Gasteiger charge is 2.44. The number of aromatic nitrogens is 2. The van der Waals surface area contributed by atoms with E-state index in [-0.39, 0.29) is 17.4 Å². The molecule has 2 heterocycles. The zero-order valence-corrected chi connectivity index (χ0v) is 23.1. The summed E-state index contributed by atoms with van der Waals surface area (Å²) in [5.74, 6) is 0.607. The Bertz CT molecular complexity index is 1260. The number of aliphatic hydroxyl groups excluding tert-OH is 1. The van der Waals surface area contributed by atoms with Crippen molar-refractivity contribution in [2.75, 3.05) is 11.9 Å². The monoisotopic (exact) mass is 520 g/mol. The Hall–Kier alpha value is -2.27. The summed E-state index contributed by atoms with van der Waals surface area (Å²) in [6, 6.07) is 18.0. The van der Waals surface area contributed by atoms with E-state index in [1.807, 2.05) is 53.2 Å². The fraction of sp³-hybridized carbons (Fsp3) is 0.393. The Morgan fingerprint density at radius 2 is 1.97 bits per heavy atom. The van der Waals surface area contributed by atoms with E-state index in [4.69, 9.17) is 24.3 Å². The van der Waals surface area contributed by atoms with Crippen LogP contribution in [0.15, 0.2) is 66.4 Å². The zero-order valence-electron chi connectivity index (χ0n) is 21.2. The van der Waals surface area contributed by atoms with Crippen LogP contribution in [0.2, 0.25) is 5.02 Å². The van der Waals surface area contributed by atoms with E-state index in [9.17, 15) is 5.11 Å². The second-order valence-corrected chi connectivity index (χ2v) is 11.3. The summed E-state index contributed by atoms with van der Waals surface area (Å²) in [6.45, 7) is 6.54.